The Balaban J connectivity index is 1.70. The first-order chi connectivity index (χ1) is 11.9. The second kappa shape index (κ2) is 16.8. The van der Waals surface area contributed by atoms with E-state index in [1.807, 2.05) is 30.3 Å². The zero-order valence-corrected chi connectivity index (χ0v) is 14.4. The highest BCUT2D eigenvalue weighted by atomic mass is 16.5. The van der Waals surface area contributed by atoms with Crippen molar-refractivity contribution in [2.45, 2.75) is 13.0 Å². The second-order valence-electron chi connectivity index (χ2n) is 5.06. The van der Waals surface area contributed by atoms with Gasteiger partial charge in [0.2, 0.25) is 0 Å². The van der Waals surface area contributed by atoms with Gasteiger partial charge in [0.1, 0.15) is 0 Å². The first-order valence-electron chi connectivity index (χ1n) is 8.47. The third-order valence-corrected chi connectivity index (χ3v) is 3.04. The fourth-order valence-corrected chi connectivity index (χ4v) is 1.85. The van der Waals surface area contributed by atoms with E-state index in [2.05, 4.69) is 0 Å². The molecule has 0 bridgehead atoms. The third kappa shape index (κ3) is 13.4. The molecule has 0 aromatic heterocycles. The van der Waals surface area contributed by atoms with Crippen molar-refractivity contribution in [2.24, 2.45) is 0 Å². The second-order valence-corrected chi connectivity index (χ2v) is 5.06. The number of benzene rings is 1. The molecular formula is C18H30O6. The van der Waals surface area contributed by atoms with Crippen LogP contribution in [0.3, 0.4) is 0 Å². The van der Waals surface area contributed by atoms with Crippen molar-refractivity contribution in [3.05, 3.63) is 35.9 Å². The SMILES string of the molecule is OCCOCCOCCCOCCOCCOCc1ccccc1. The quantitative estimate of drug-likeness (QED) is 0.434. The molecule has 6 heteroatoms. The highest BCUT2D eigenvalue weighted by molar-refractivity contribution is 5.13. The van der Waals surface area contributed by atoms with Crippen LogP contribution in [0.2, 0.25) is 0 Å². The van der Waals surface area contributed by atoms with Gasteiger partial charge in [-0.15, -0.1) is 0 Å². The molecule has 24 heavy (non-hydrogen) atoms. The van der Waals surface area contributed by atoms with Gasteiger partial charge in [0.25, 0.3) is 0 Å². The fourth-order valence-electron chi connectivity index (χ4n) is 1.85. The molecule has 1 rings (SSSR count). The van der Waals surface area contributed by atoms with E-state index in [1.54, 1.807) is 0 Å². The fraction of sp³-hybridized carbons (Fsp3) is 0.667. The minimum absolute atomic E-state index is 0.0507. The molecular weight excluding hydrogens is 312 g/mol. The number of aliphatic hydroxyl groups is 1. The van der Waals surface area contributed by atoms with Crippen LogP contribution in [-0.2, 0) is 30.3 Å². The molecule has 1 aromatic rings. The Labute approximate surface area is 144 Å². The minimum atomic E-state index is 0.0507. The van der Waals surface area contributed by atoms with Gasteiger partial charge in [0, 0.05) is 13.2 Å². The molecule has 138 valence electrons. The van der Waals surface area contributed by atoms with Gasteiger partial charge in [-0.3, -0.25) is 0 Å². The van der Waals surface area contributed by atoms with E-state index < -0.39 is 0 Å². The number of rotatable bonds is 17. The van der Waals surface area contributed by atoms with Crippen LogP contribution in [0.4, 0.5) is 0 Å². The lowest BCUT2D eigenvalue weighted by Crippen LogP contribution is -2.11. The summed E-state index contributed by atoms with van der Waals surface area (Å²) >= 11 is 0. The highest BCUT2D eigenvalue weighted by Crippen LogP contribution is 1.99. The molecule has 0 atom stereocenters. The van der Waals surface area contributed by atoms with Crippen molar-refractivity contribution in [3.63, 3.8) is 0 Å². The van der Waals surface area contributed by atoms with Gasteiger partial charge < -0.3 is 28.8 Å². The van der Waals surface area contributed by atoms with Gasteiger partial charge >= 0.3 is 0 Å². The normalized spacial score (nSPS) is 11.0. The highest BCUT2D eigenvalue weighted by Gasteiger charge is 1.94. The lowest BCUT2D eigenvalue weighted by molar-refractivity contribution is 0.00185. The Morgan fingerprint density at radius 1 is 0.583 bits per heavy atom. The molecule has 0 spiro atoms. The Hall–Kier alpha value is -1.02. The van der Waals surface area contributed by atoms with Crippen LogP contribution in [0.1, 0.15) is 12.0 Å². The van der Waals surface area contributed by atoms with Crippen molar-refractivity contribution < 1.29 is 28.8 Å². The summed E-state index contributed by atoms with van der Waals surface area (Å²) in [5.74, 6) is 0. The summed E-state index contributed by atoms with van der Waals surface area (Å²) < 4.78 is 26.8. The van der Waals surface area contributed by atoms with Crippen LogP contribution in [-0.4, -0.2) is 71.2 Å². The zero-order chi connectivity index (χ0) is 17.1. The lowest BCUT2D eigenvalue weighted by Gasteiger charge is -2.07. The van der Waals surface area contributed by atoms with E-state index >= 15 is 0 Å². The van der Waals surface area contributed by atoms with Crippen molar-refractivity contribution in [2.75, 3.05) is 66.1 Å². The zero-order valence-electron chi connectivity index (χ0n) is 14.4. The Morgan fingerprint density at radius 2 is 1.08 bits per heavy atom. The topological polar surface area (TPSA) is 66.4 Å². The maximum Gasteiger partial charge on any atom is 0.0718 e. The summed E-state index contributed by atoms with van der Waals surface area (Å²) in [5.41, 5.74) is 1.17. The summed E-state index contributed by atoms with van der Waals surface area (Å²) in [6.07, 6.45) is 0.847. The maximum absolute atomic E-state index is 8.52. The van der Waals surface area contributed by atoms with E-state index in [4.69, 9.17) is 28.8 Å². The van der Waals surface area contributed by atoms with Gasteiger partial charge in [-0.1, -0.05) is 30.3 Å². The monoisotopic (exact) mass is 342 g/mol. The molecule has 0 unspecified atom stereocenters. The summed E-state index contributed by atoms with van der Waals surface area (Å²) in [6.45, 7) is 5.72. The summed E-state index contributed by atoms with van der Waals surface area (Å²) in [5, 5.41) is 8.52. The average Bonchev–Trinajstić information content (AvgIpc) is 2.62. The molecule has 6 nitrogen and oxygen atoms in total. The molecule has 1 N–H and O–H groups in total. The van der Waals surface area contributed by atoms with Crippen molar-refractivity contribution in [1.82, 2.24) is 0 Å². The van der Waals surface area contributed by atoms with Crippen LogP contribution in [0.25, 0.3) is 0 Å². The van der Waals surface area contributed by atoms with Gasteiger partial charge in [0.05, 0.1) is 59.5 Å². The van der Waals surface area contributed by atoms with Gasteiger partial charge in [-0.25, -0.2) is 0 Å². The largest absolute Gasteiger partial charge is 0.394 e. The number of aliphatic hydroxyl groups excluding tert-OH is 1. The summed E-state index contributed by atoms with van der Waals surface area (Å²) in [6, 6.07) is 10.1. The van der Waals surface area contributed by atoms with Crippen LogP contribution < -0.4 is 0 Å². The molecule has 0 amide bonds. The third-order valence-electron chi connectivity index (χ3n) is 3.04. The maximum atomic E-state index is 8.52. The average molecular weight is 342 g/mol. The van der Waals surface area contributed by atoms with Crippen molar-refractivity contribution in [3.8, 4) is 0 Å². The van der Waals surface area contributed by atoms with E-state index in [-0.39, 0.29) is 6.61 Å². The van der Waals surface area contributed by atoms with E-state index in [9.17, 15) is 0 Å². The molecule has 0 radical (unpaired) electrons. The van der Waals surface area contributed by atoms with Crippen LogP contribution in [0.15, 0.2) is 30.3 Å². The Bertz CT molecular complexity index is 360. The standard InChI is InChI=1S/C18H30O6/c19-7-10-22-13-11-20-8-4-9-21-12-14-23-15-16-24-17-18-5-2-1-3-6-18/h1-3,5-6,19H,4,7-17H2. The van der Waals surface area contributed by atoms with Gasteiger partial charge in [0.15, 0.2) is 0 Å². The first kappa shape index (κ1) is 21.0. The van der Waals surface area contributed by atoms with E-state index in [0.29, 0.717) is 66.1 Å². The van der Waals surface area contributed by atoms with E-state index in [1.165, 1.54) is 5.56 Å². The number of hydrogen-bond donors (Lipinski definition) is 1. The Morgan fingerprint density at radius 3 is 1.67 bits per heavy atom. The lowest BCUT2D eigenvalue weighted by atomic mass is 10.2. The minimum Gasteiger partial charge on any atom is -0.394 e. The Kier molecular flexibility index (Phi) is 14.7. The molecule has 0 saturated heterocycles. The summed E-state index contributed by atoms with van der Waals surface area (Å²) in [4.78, 5) is 0. The molecule has 0 heterocycles. The predicted octanol–water partition coefficient (Wildman–Crippen LogP) is 1.65. The predicted molar refractivity (Wildman–Crippen MR) is 91.1 cm³/mol. The van der Waals surface area contributed by atoms with Crippen LogP contribution >= 0.6 is 0 Å². The smallest absolute Gasteiger partial charge is 0.0718 e. The molecule has 0 saturated carbocycles. The van der Waals surface area contributed by atoms with Crippen LogP contribution in [0.5, 0.6) is 0 Å². The molecule has 0 aliphatic heterocycles. The number of ether oxygens (including phenoxy) is 5. The van der Waals surface area contributed by atoms with Gasteiger partial charge in [-0.05, 0) is 12.0 Å². The molecule has 0 fully saturated rings. The molecule has 0 aliphatic carbocycles. The van der Waals surface area contributed by atoms with Crippen molar-refractivity contribution >= 4 is 0 Å². The van der Waals surface area contributed by atoms with Crippen molar-refractivity contribution in [1.29, 1.82) is 0 Å². The van der Waals surface area contributed by atoms with Crippen LogP contribution in [0, 0.1) is 0 Å². The molecule has 0 aliphatic rings. The number of hydrogen-bond acceptors (Lipinski definition) is 6. The first-order valence-corrected chi connectivity index (χ1v) is 8.47. The summed E-state index contributed by atoms with van der Waals surface area (Å²) in [7, 11) is 0. The van der Waals surface area contributed by atoms with E-state index in [0.717, 1.165) is 6.42 Å². The van der Waals surface area contributed by atoms with Gasteiger partial charge in [-0.2, -0.15) is 0 Å². The molecule has 1 aromatic carbocycles.